The Morgan fingerprint density at radius 2 is 1.79 bits per heavy atom. The predicted molar refractivity (Wildman–Crippen MR) is 104 cm³/mol. The number of aromatic carboxylic acids is 1. The second kappa shape index (κ2) is 9.15. The second-order valence-electron chi connectivity index (χ2n) is 5.83. The van der Waals surface area contributed by atoms with Crippen LogP contribution < -0.4 is 10.2 Å². The van der Waals surface area contributed by atoms with Gasteiger partial charge in [-0.3, -0.25) is 4.55 Å². The van der Waals surface area contributed by atoms with E-state index >= 15 is 0 Å². The normalized spacial score (nSPS) is 11.6. The Hall–Kier alpha value is -1.44. The smallest absolute Gasteiger partial charge is 0.871 e. The molecule has 3 rings (SSSR count). The van der Waals surface area contributed by atoms with Crippen molar-refractivity contribution in [2.75, 3.05) is 0 Å². The summed E-state index contributed by atoms with van der Waals surface area (Å²) >= 11 is 5.97. The van der Waals surface area contributed by atoms with Crippen LogP contribution in [0.4, 0.5) is 11.4 Å². The van der Waals surface area contributed by atoms with Gasteiger partial charge >= 0.3 is 48.9 Å². The summed E-state index contributed by atoms with van der Waals surface area (Å²) in [6.07, 6.45) is 0. The molecule has 0 amide bonds. The van der Waals surface area contributed by atoms with Crippen LogP contribution in [-0.2, 0) is 10.1 Å². The van der Waals surface area contributed by atoms with E-state index in [1.165, 1.54) is 13.0 Å². The summed E-state index contributed by atoms with van der Waals surface area (Å²) < 4.78 is 32.0. The number of benzene rings is 3. The van der Waals surface area contributed by atoms with E-state index in [1.807, 2.05) is 0 Å². The first kappa shape index (κ1) is 23.8. The Balaban J connectivity index is 0.00000300. The maximum Gasteiger partial charge on any atom is 2.00 e. The summed E-state index contributed by atoms with van der Waals surface area (Å²) in [6, 6.07) is 9.74. The van der Waals surface area contributed by atoms with Gasteiger partial charge < -0.3 is 15.0 Å². The van der Waals surface area contributed by atoms with Crippen molar-refractivity contribution in [3.8, 4) is 5.75 Å². The molecule has 3 aromatic carbocycles. The van der Waals surface area contributed by atoms with Crippen LogP contribution in [-0.4, -0.2) is 67.8 Å². The quantitative estimate of drug-likeness (QED) is 0.298. The Morgan fingerprint density at radius 1 is 1.14 bits per heavy atom. The fourth-order valence-electron chi connectivity index (χ4n) is 2.56. The molecular weight excluding hydrogens is 545 g/mol. The van der Waals surface area contributed by atoms with Crippen molar-refractivity contribution >= 4 is 98.7 Å². The number of halogens is 1. The Morgan fingerprint density at radius 3 is 2.41 bits per heavy atom. The molecule has 3 aromatic rings. The minimum absolute atomic E-state index is 0. The van der Waals surface area contributed by atoms with Gasteiger partial charge in [-0.1, -0.05) is 41.6 Å². The molecule has 8 nitrogen and oxygen atoms in total. The summed E-state index contributed by atoms with van der Waals surface area (Å²) in [7, 11) is -4.54. The first-order valence-electron chi connectivity index (χ1n) is 7.73. The van der Waals surface area contributed by atoms with E-state index in [2.05, 4.69) is 10.2 Å². The summed E-state index contributed by atoms with van der Waals surface area (Å²) in [5.41, 5.74) is -0.479. The van der Waals surface area contributed by atoms with Crippen molar-refractivity contribution in [1.29, 1.82) is 0 Å². The number of carboxylic acid groups (broad SMARTS) is 1. The van der Waals surface area contributed by atoms with Gasteiger partial charge in [0, 0.05) is 10.4 Å². The molecule has 0 heterocycles. The zero-order chi connectivity index (χ0) is 20.6. The van der Waals surface area contributed by atoms with Crippen LogP contribution >= 0.6 is 11.6 Å². The van der Waals surface area contributed by atoms with Crippen molar-refractivity contribution in [3.05, 3.63) is 58.6 Å². The topological polar surface area (TPSA) is 142 Å². The average Bonchev–Trinajstić information content (AvgIpc) is 2.62. The standard InChI is InChI=1S/C18H13ClN2O6S.Ba/c1-9-14(19)7-11(28(25,26)27)8-15(9)20-21-16-12-5-3-2-4-10(12)6-13(17(16)22)18(23)24;/h2-8,22H,1H3,(H,23,24)(H,25,26,27);/q;+2/p-2. The molecule has 0 saturated carbocycles. The number of nitrogens with zero attached hydrogens (tertiary/aromatic N) is 2. The molecule has 0 radical (unpaired) electrons. The third-order valence-corrected chi connectivity index (χ3v) is 5.27. The van der Waals surface area contributed by atoms with Crippen molar-refractivity contribution in [1.82, 2.24) is 0 Å². The monoisotopic (exact) mass is 556 g/mol. The Kier molecular flexibility index (Phi) is 7.52. The average molecular weight is 556 g/mol. The van der Waals surface area contributed by atoms with Crippen LogP contribution in [0, 0.1) is 6.92 Å². The molecule has 0 spiro atoms. The van der Waals surface area contributed by atoms with Crippen molar-refractivity contribution < 1.29 is 28.0 Å². The molecule has 0 unspecified atom stereocenters. The number of fused-ring (bicyclic) bond motifs is 1. The number of hydrogen-bond donors (Lipinski definition) is 1. The summed E-state index contributed by atoms with van der Waals surface area (Å²) in [5, 5.41) is 32.3. The van der Waals surface area contributed by atoms with E-state index in [0.29, 0.717) is 16.3 Å². The van der Waals surface area contributed by atoms with Gasteiger partial charge in [-0.25, -0.2) is 0 Å². The number of carboxylic acids is 1. The molecule has 0 aliphatic heterocycles. The SMILES string of the molecule is Cc1c(Cl)cc(S(=O)(=O)O)cc1N=Nc1c([O-])c(C(=O)[O-])cc2ccccc12.[Ba+2]. The number of rotatable bonds is 4. The predicted octanol–water partition coefficient (Wildman–Crippen LogP) is 2.52. The molecule has 1 N–H and O–H groups in total. The zero-order valence-electron chi connectivity index (χ0n) is 14.9. The molecule has 0 aromatic heterocycles. The molecule has 0 aliphatic rings. The third kappa shape index (κ3) is 5.01. The van der Waals surface area contributed by atoms with Crippen LogP contribution in [0.5, 0.6) is 5.75 Å². The molecule has 29 heavy (non-hydrogen) atoms. The van der Waals surface area contributed by atoms with Gasteiger partial charge in [0.15, 0.2) is 0 Å². The maximum atomic E-state index is 12.5. The molecule has 0 fully saturated rings. The summed E-state index contributed by atoms with van der Waals surface area (Å²) in [4.78, 5) is 10.8. The van der Waals surface area contributed by atoms with E-state index in [1.54, 1.807) is 24.3 Å². The van der Waals surface area contributed by atoms with Gasteiger partial charge in [-0.2, -0.15) is 18.6 Å². The van der Waals surface area contributed by atoms with Crippen LogP contribution in [0.2, 0.25) is 5.02 Å². The number of carbonyl (C=O) groups excluding carboxylic acids is 1. The van der Waals surface area contributed by atoms with Gasteiger partial charge in [0.1, 0.15) is 0 Å². The van der Waals surface area contributed by atoms with Crippen molar-refractivity contribution in [2.45, 2.75) is 11.8 Å². The minimum atomic E-state index is -4.54. The Labute approximate surface area is 211 Å². The first-order chi connectivity index (χ1) is 13.1. The van der Waals surface area contributed by atoms with E-state index in [-0.39, 0.29) is 65.3 Å². The summed E-state index contributed by atoms with van der Waals surface area (Å²) in [6.45, 7) is 1.54. The second-order valence-corrected chi connectivity index (χ2v) is 7.66. The maximum absolute atomic E-state index is 12.5. The molecular formula is C18H11BaClN2O6S. The van der Waals surface area contributed by atoms with Crippen LogP contribution in [0.1, 0.15) is 15.9 Å². The molecule has 11 heteroatoms. The fourth-order valence-corrected chi connectivity index (χ4v) is 3.36. The van der Waals surface area contributed by atoms with Gasteiger partial charge in [-0.15, -0.1) is 0 Å². The van der Waals surface area contributed by atoms with Crippen LogP contribution in [0.3, 0.4) is 0 Å². The zero-order valence-corrected chi connectivity index (χ0v) is 20.9. The van der Waals surface area contributed by atoms with E-state index in [9.17, 15) is 28.0 Å². The Bertz CT molecular complexity index is 1260. The van der Waals surface area contributed by atoms with E-state index in [4.69, 9.17) is 11.6 Å². The summed E-state index contributed by atoms with van der Waals surface area (Å²) in [5.74, 6) is -2.54. The van der Waals surface area contributed by atoms with Gasteiger partial charge in [0.05, 0.1) is 22.2 Å². The number of carbonyl (C=O) groups is 1. The molecule has 0 atom stereocenters. The van der Waals surface area contributed by atoms with Gasteiger partial charge in [0.25, 0.3) is 10.1 Å². The van der Waals surface area contributed by atoms with Gasteiger partial charge in [-0.05, 0) is 41.6 Å². The van der Waals surface area contributed by atoms with Crippen molar-refractivity contribution in [3.63, 3.8) is 0 Å². The fraction of sp³-hybridized carbons (Fsp3) is 0.0556. The van der Waals surface area contributed by atoms with E-state index < -0.39 is 32.3 Å². The van der Waals surface area contributed by atoms with Gasteiger partial charge in [0.2, 0.25) is 0 Å². The van der Waals surface area contributed by atoms with Crippen LogP contribution in [0.25, 0.3) is 10.8 Å². The molecule has 0 aliphatic carbocycles. The van der Waals surface area contributed by atoms with Crippen LogP contribution in [0.15, 0.2) is 57.6 Å². The third-order valence-electron chi connectivity index (χ3n) is 4.04. The first-order valence-corrected chi connectivity index (χ1v) is 9.55. The molecule has 0 saturated heterocycles. The number of hydrogen-bond acceptors (Lipinski definition) is 7. The van der Waals surface area contributed by atoms with E-state index in [0.717, 1.165) is 12.1 Å². The van der Waals surface area contributed by atoms with Crippen molar-refractivity contribution in [2.24, 2.45) is 10.2 Å². The largest absolute Gasteiger partial charge is 2.00 e. The minimum Gasteiger partial charge on any atom is -0.871 e. The molecule has 0 bridgehead atoms. The molecule has 144 valence electrons. The number of azo groups is 1.